The number of carbonyl (C=O) groups is 2. The van der Waals surface area contributed by atoms with Crippen LogP contribution in [0.15, 0.2) is 35.0 Å². The molecule has 1 aromatic rings. The molecular formula is C14H17NO4. The zero-order valence-electron chi connectivity index (χ0n) is 10.7. The fourth-order valence-corrected chi connectivity index (χ4v) is 2.31. The number of nitrogens with one attached hydrogen (secondary N) is 1. The van der Waals surface area contributed by atoms with E-state index in [4.69, 9.17) is 9.52 Å². The van der Waals surface area contributed by atoms with Crippen molar-refractivity contribution in [2.24, 2.45) is 11.8 Å². The van der Waals surface area contributed by atoms with E-state index in [0.29, 0.717) is 18.6 Å². The molecule has 0 aromatic carbocycles. The van der Waals surface area contributed by atoms with Crippen LogP contribution in [-0.4, -0.2) is 17.0 Å². The van der Waals surface area contributed by atoms with E-state index in [2.05, 4.69) is 5.32 Å². The lowest BCUT2D eigenvalue weighted by atomic mass is 9.82. The van der Waals surface area contributed by atoms with Crippen LogP contribution in [0.5, 0.6) is 0 Å². The van der Waals surface area contributed by atoms with E-state index in [1.54, 1.807) is 18.4 Å². The van der Waals surface area contributed by atoms with Gasteiger partial charge in [0.2, 0.25) is 5.91 Å². The molecule has 2 rings (SSSR count). The highest BCUT2D eigenvalue weighted by molar-refractivity contribution is 5.85. The first-order valence-electron chi connectivity index (χ1n) is 6.31. The summed E-state index contributed by atoms with van der Waals surface area (Å²) in [5.74, 6) is -1.66. The molecule has 0 bridgehead atoms. The Balaban J connectivity index is 2.02. The second-order valence-electron chi connectivity index (χ2n) is 4.74. The van der Waals surface area contributed by atoms with Crippen molar-refractivity contribution in [2.75, 3.05) is 0 Å². The molecule has 102 valence electrons. The third-order valence-corrected chi connectivity index (χ3v) is 3.42. The van der Waals surface area contributed by atoms with Gasteiger partial charge in [-0.3, -0.25) is 9.59 Å². The van der Waals surface area contributed by atoms with E-state index in [1.807, 2.05) is 19.1 Å². The van der Waals surface area contributed by atoms with E-state index < -0.39 is 17.8 Å². The molecule has 1 aliphatic rings. The van der Waals surface area contributed by atoms with Crippen LogP contribution in [0.4, 0.5) is 0 Å². The average molecular weight is 263 g/mol. The van der Waals surface area contributed by atoms with Crippen LogP contribution in [0.1, 0.15) is 31.6 Å². The van der Waals surface area contributed by atoms with Crippen molar-refractivity contribution in [3.63, 3.8) is 0 Å². The zero-order chi connectivity index (χ0) is 13.8. The van der Waals surface area contributed by atoms with Gasteiger partial charge in [0.25, 0.3) is 0 Å². The van der Waals surface area contributed by atoms with Crippen molar-refractivity contribution >= 4 is 11.9 Å². The quantitative estimate of drug-likeness (QED) is 0.815. The number of amides is 1. The molecule has 0 saturated carbocycles. The molecule has 0 spiro atoms. The van der Waals surface area contributed by atoms with Gasteiger partial charge in [-0.1, -0.05) is 12.2 Å². The van der Waals surface area contributed by atoms with Crippen LogP contribution in [0, 0.1) is 11.8 Å². The number of carboxylic acids is 1. The Labute approximate surface area is 111 Å². The smallest absolute Gasteiger partial charge is 0.307 e. The van der Waals surface area contributed by atoms with Gasteiger partial charge in [0.1, 0.15) is 5.76 Å². The van der Waals surface area contributed by atoms with Crippen molar-refractivity contribution < 1.29 is 19.1 Å². The maximum absolute atomic E-state index is 12.2. The van der Waals surface area contributed by atoms with Gasteiger partial charge < -0.3 is 14.8 Å². The Kier molecular flexibility index (Phi) is 4.04. The van der Waals surface area contributed by atoms with E-state index in [9.17, 15) is 9.59 Å². The molecule has 19 heavy (non-hydrogen) atoms. The van der Waals surface area contributed by atoms with Gasteiger partial charge in [0, 0.05) is 0 Å². The molecular weight excluding hydrogens is 246 g/mol. The van der Waals surface area contributed by atoms with Crippen LogP contribution in [0.25, 0.3) is 0 Å². The first kappa shape index (κ1) is 13.4. The normalized spacial score (nSPS) is 23.8. The molecule has 2 N–H and O–H groups in total. The van der Waals surface area contributed by atoms with Crippen LogP contribution >= 0.6 is 0 Å². The minimum atomic E-state index is -0.921. The molecule has 3 unspecified atom stereocenters. The minimum absolute atomic E-state index is 0.236. The van der Waals surface area contributed by atoms with Crippen molar-refractivity contribution in [1.29, 1.82) is 0 Å². The predicted octanol–water partition coefficient (Wildman–Crippen LogP) is 2.12. The number of aliphatic carboxylic acids is 1. The second kappa shape index (κ2) is 5.73. The molecule has 5 nitrogen and oxygen atoms in total. The van der Waals surface area contributed by atoms with Crippen LogP contribution in [0.3, 0.4) is 0 Å². The summed E-state index contributed by atoms with van der Waals surface area (Å²) >= 11 is 0. The van der Waals surface area contributed by atoms with Gasteiger partial charge in [0.15, 0.2) is 0 Å². The van der Waals surface area contributed by atoms with Gasteiger partial charge in [-0.15, -0.1) is 0 Å². The van der Waals surface area contributed by atoms with Crippen molar-refractivity contribution in [2.45, 2.75) is 25.8 Å². The Morgan fingerprint density at radius 1 is 1.37 bits per heavy atom. The molecule has 5 heteroatoms. The van der Waals surface area contributed by atoms with Gasteiger partial charge in [-0.2, -0.15) is 0 Å². The molecule has 3 atom stereocenters. The summed E-state index contributed by atoms with van der Waals surface area (Å²) in [7, 11) is 0. The fourth-order valence-electron chi connectivity index (χ4n) is 2.31. The summed E-state index contributed by atoms with van der Waals surface area (Å²) in [4.78, 5) is 23.3. The zero-order valence-corrected chi connectivity index (χ0v) is 10.7. The first-order valence-corrected chi connectivity index (χ1v) is 6.31. The number of carboxylic acid groups (broad SMARTS) is 1. The van der Waals surface area contributed by atoms with E-state index in [-0.39, 0.29) is 11.9 Å². The van der Waals surface area contributed by atoms with Crippen molar-refractivity contribution in [3.8, 4) is 0 Å². The van der Waals surface area contributed by atoms with Crippen LogP contribution in [0.2, 0.25) is 0 Å². The second-order valence-corrected chi connectivity index (χ2v) is 4.74. The average Bonchev–Trinajstić information content (AvgIpc) is 2.92. The Morgan fingerprint density at radius 2 is 2.05 bits per heavy atom. The highest BCUT2D eigenvalue weighted by Gasteiger charge is 2.34. The third-order valence-electron chi connectivity index (χ3n) is 3.42. The fraction of sp³-hybridized carbons (Fsp3) is 0.429. The lowest BCUT2D eigenvalue weighted by Gasteiger charge is -2.25. The van der Waals surface area contributed by atoms with Gasteiger partial charge in [-0.05, 0) is 31.9 Å². The largest absolute Gasteiger partial charge is 0.481 e. The predicted molar refractivity (Wildman–Crippen MR) is 68.3 cm³/mol. The standard InChI is InChI=1S/C14H17NO4/c1-9(12-7-4-8-19-12)15-13(16)10-5-2-3-6-11(10)14(17)18/h2-4,7-11H,5-6H2,1H3,(H,15,16)(H,17,18). The maximum atomic E-state index is 12.2. The number of carbonyl (C=O) groups excluding carboxylic acids is 1. The Bertz CT molecular complexity index is 478. The lowest BCUT2D eigenvalue weighted by Crippen LogP contribution is -2.39. The van der Waals surface area contributed by atoms with Crippen LogP contribution < -0.4 is 5.32 Å². The summed E-state index contributed by atoms with van der Waals surface area (Å²) < 4.78 is 5.21. The number of hydrogen-bond acceptors (Lipinski definition) is 3. The van der Waals surface area contributed by atoms with Gasteiger partial charge in [-0.25, -0.2) is 0 Å². The number of rotatable bonds is 4. The van der Waals surface area contributed by atoms with Crippen LogP contribution in [-0.2, 0) is 9.59 Å². The van der Waals surface area contributed by atoms with Gasteiger partial charge in [0.05, 0.1) is 24.1 Å². The highest BCUT2D eigenvalue weighted by Crippen LogP contribution is 2.27. The number of allylic oxidation sites excluding steroid dienone is 2. The molecule has 1 aromatic heterocycles. The summed E-state index contributed by atoms with van der Waals surface area (Å²) in [5.41, 5.74) is 0. The van der Waals surface area contributed by atoms with Gasteiger partial charge >= 0.3 is 5.97 Å². The topological polar surface area (TPSA) is 79.5 Å². The SMILES string of the molecule is CC(NC(=O)C1CC=CCC1C(=O)O)c1ccco1. The molecule has 0 saturated heterocycles. The Morgan fingerprint density at radius 3 is 2.63 bits per heavy atom. The Hall–Kier alpha value is -2.04. The van der Waals surface area contributed by atoms with Crippen molar-refractivity contribution in [1.82, 2.24) is 5.32 Å². The lowest BCUT2D eigenvalue weighted by molar-refractivity contribution is -0.147. The molecule has 1 aliphatic carbocycles. The monoisotopic (exact) mass is 263 g/mol. The molecule has 0 aliphatic heterocycles. The molecule has 0 fully saturated rings. The third kappa shape index (κ3) is 3.05. The van der Waals surface area contributed by atoms with Crippen molar-refractivity contribution in [3.05, 3.63) is 36.3 Å². The molecule has 1 heterocycles. The summed E-state index contributed by atoms with van der Waals surface area (Å²) in [5, 5.41) is 12.0. The summed E-state index contributed by atoms with van der Waals surface area (Å²) in [6.07, 6.45) is 6.09. The maximum Gasteiger partial charge on any atom is 0.307 e. The summed E-state index contributed by atoms with van der Waals surface area (Å²) in [6, 6.07) is 3.27. The first-order chi connectivity index (χ1) is 9.09. The van der Waals surface area contributed by atoms with E-state index >= 15 is 0 Å². The number of furan rings is 1. The summed E-state index contributed by atoms with van der Waals surface area (Å²) in [6.45, 7) is 1.81. The highest BCUT2D eigenvalue weighted by atomic mass is 16.4. The minimum Gasteiger partial charge on any atom is -0.481 e. The molecule has 1 amide bonds. The van der Waals surface area contributed by atoms with E-state index in [0.717, 1.165) is 0 Å². The van der Waals surface area contributed by atoms with E-state index in [1.165, 1.54) is 0 Å². The molecule has 0 radical (unpaired) electrons. The number of hydrogen-bond donors (Lipinski definition) is 2.